The lowest BCUT2D eigenvalue weighted by molar-refractivity contribution is 0.0657. The molecule has 4 heteroatoms. The largest absolute Gasteiger partial charge is 0.374 e. The second-order valence-corrected chi connectivity index (χ2v) is 5.40. The summed E-state index contributed by atoms with van der Waals surface area (Å²) in [5.41, 5.74) is 2.42. The van der Waals surface area contributed by atoms with Gasteiger partial charge in [-0.1, -0.05) is 24.3 Å². The van der Waals surface area contributed by atoms with Crippen LogP contribution in [0.15, 0.2) is 29.3 Å². The van der Waals surface area contributed by atoms with E-state index in [2.05, 4.69) is 53.7 Å². The van der Waals surface area contributed by atoms with Crippen molar-refractivity contribution in [1.29, 1.82) is 0 Å². The Hall–Kier alpha value is -1.55. The quantitative estimate of drug-likeness (QED) is 0.621. The lowest BCUT2D eigenvalue weighted by Crippen LogP contribution is -2.40. The summed E-state index contributed by atoms with van der Waals surface area (Å²) in [7, 11) is 1.78. The third-order valence-electron chi connectivity index (χ3n) is 2.68. The Morgan fingerprint density at radius 1 is 1.20 bits per heavy atom. The molecule has 112 valence electrons. The molecular weight excluding hydrogens is 250 g/mol. The average Bonchev–Trinajstić information content (AvgIpc) is 2.41. The van der Waals surface area contributed by atoms with Crippen molar-refractivity contribution in [1.82, 2.24) is 10.6 Å². The molecule has 0 saturated heterocycles. The van der Waals surface area contributed by atoms with Crippen molar-refractivity contribution in [2.24, 2.45) is 4.99 Å². The number of ether oxygens (including phenoxy) is 1. The predicted octanol–water partition coefficient (Wildman–Crippen LogP) is 2.69. The van der Waals surface area contributed by atoms with E-state index in [9.17, 15) is 0 Å². The molecule has 0 spiro atoms. The molecule has 0 aliphatic rings. The van der Waals surface area contributed by atoms with E-state index >= 15 is 0 Å². The van der Waals surface area contributed by atoms with Crippen LogP contribution in [-0.2, 0) is 17.9 Å². The van der Waals surface area contributed by atoms with Gasteiger partial charge in [-0.05, 0) is 38.8 Å². The highest BCUT2D eigenvalue weighted by Gasteiger charge is 2.02. The molecule has 0 bridgehead atoms. The van der Waals surface area contributed by atoms with Crippen LogP contribution in [0.3, 0.4) is 0 Å². The lowest BCUT2D eigenvalue weighted by Gasteiger charge is -2.15. The normalized spacial score (nSPS) is 12.1. The van der Waals surface area contributed by atoms with E-state index in [0.29, 0.717) is 12.6 Å². The maximum absolute atomic E-state index is 5.63. The minimum atomic E-state index is 0.255. The zero-order chi connectivity index (χ0) is 15.0. The van der Waals surface area contributed by atoms with Crippen LogP contribution in [0.4, 0.5) is 0 Å². The maximum Gasteiger partial charge on any atom is 0.191 e. The van der Waals surface area contributed by atoms with Crippen LogP contribution in [0.1, 0.15) is 38.8 Å². The highest BCUT2D eigenvalue weighted by Crippen LogP contribution is 2.07. The van der Waals surface area contributed by atoms with Crippen LogP contribution < -0.4 is 10.6 Å². The van der Waals surface area contributed by atoms with E-state index in [1.165, 1.54) is 11.1 Å². The zero-order valence-electron chi connectivity index (χ0n) is 13.2. The molecule has 0 aromatic heterocycles. The highest BCUT2D eigenvalue weighted by molar-refractivity contribution is 5.79. The van der Waals surface area contributed by atoms with E-state index in [1.54, 1.807) is 7.05 Å². The number of rotatable bonds is 6. The monoisotopic (exact) mass is 277 g/mol. The summed E-state index contributed by atoms with van der Waals surface area (Å²) in [5.74, 6) is 0.823. The number of guanidine groups is 1. The van der Waals surface area contributed by atoms with Gasteiger partial charge in [0.1, 0.15) is 0 Å². The first-order valence-electron chi connectivity index (χ1n) is 7.18. The highest BCUT2D eigenvalue weighted by atomic mass is 16.5. The van der Waals surface area contributed by atoms with Crippen molar-refractivity contribution >= 4 is 5.96 Å². The first-order chi connectivity index (χ1) is 9.51. The molecule has 20 heavy (non-hydrogen) atoms. The number of nitrogens with zero attached hydrogens (tertiary/aromatic N) is 1. The first-order valence-corrected chi connectivity index (χ1v) is 7.18. The first kappa shape index (κ1) is 16.5. The van der Waals surface area contributed by atoms with Gasteiger partial charge in [-0.3, -0.25) is 4.99 Å². The Bertz CT molecular complexity index is 427. The molecule has 1 aromatic rings. The minimum absolute atomic E-state index is 0.255. The van der Waals surface area contributed by atoms with Gasteiger partial charge in [0.15, 0.2) is 5.96 Å². The van der Waals surface area contributed by atoms with Crippen molar-refractivity contribution < 1.29 is 4.74 Å². The van der Waals surface area contributed by atoms with Crippen molar-refractivity contribution in [2.75, 3.05) is 7.05 Å². The van der Waals surface area contributed by atoms with Gasteiger partial charge >= 0.3 is 0 Å². The number of hydrogen-bond donors (Lipinski definition) is 2. The zero-order valence-corrected chi connectivity index (χ0v) is 13.2. The van der Waals surface area contributed by atoms with Crippen LogP contribution in [-0.4, -0.2) is 25.2 Å². The van der Waals surface area contributed by atoms with Crippen molar-refractivity contribution in [2.45, 2.75) is 53.0 Å². The third-order valence-corrected chi connectivity index (χ3v) is 2.68. The van der Waals surface area contributed by atoms with Gasteiger partial charge in [-0.25, -0.2) is 0 Å². The van der Waals surface area contributed by atoms with E-state index in [0.717, 1.165) is 12.5 Å². The van der Waals surface area contributed by atoms with Crippen molar-refractivity contribution in [3.05, 3.63) is 35.4 Å². The van der Waals surface area contributed by atoms with Crippen molar-refractivity contribution in [3.63, 3.8) is 0 Å². The fourth-order valence-corrected chi connectivity index (χ4v) is 1.75. The van der Waals surface area contributed by atoms with Crippen LogP contribution >= 0.6 is 0 Å². The summed E-state index contributed by atoms with van der Waals surface area (Å²) in [6.07, 6.45) is 0.255. The van der Waals surface area contributed by atoms with Crippen LogP contribution in [0, 0.1) is 0 Å². The fraction of sp³-hybridized carbons (Fsp3) is 0.562. The number of benzene rings is 1. The Kier molecular flexibility index (Phi) is 7.09. The summed E-state index contributed by atoms with van der Waals surface area (Å²) in [6.45, 7) is 9.69. The SMILES string of the molecule is CN=C(NCc1cccc(COC(C)C)c1)NC(C)C. The van der Waals surface area contributed by atoms with E-state index in [-0.39, 0.29) is 6.10 Å². The van der Waals surface area contributed by atoms with Gasteiger partial charge in [-0.15, -0.1) is 0 Å². The smallest absolute Gasteiger partial charge is 0.191 e. The molecule has 0 amide bonds. The van der Waals surface area contributed by atoms with Crippen LogP contribution in [0.2, 0.25) is 0 Å². The number of nitrogens with one attached hydrogen (secondary N) is 2. The lowest BCUT2D eigenvalue weighted by atomic mass is 10.1. The maximum atomic E-state index is 5.63. The molecule has 0 aliphatic heterocycles. The number of aliphatic imine (C=N–C) groups is 1. The summed E-state index contributed by atoms with van der Waals surface area (Å²) < 4.78 is 5.63. The minimum Gasteiger partial charge on any atom is -0.374 e. The van der Waals surface area contributed by atoms with Crippen LogP contribution in [0.25, 0.3) is 0 Å². The third kappa shape index (κ3) is 6.57. The summed E-state index contributed by atoms with van der Waals surface area (Å²) in [6, 6.07) is 8.79. The second-order valence-electron chi connectivity index (χ2n) is 5.40. The van der Waals surface area contributed by atoms with E-state index < -0.39 is 0 Å². The molecule has 0 heterocycles. The topological polar surface area (TPSA) is 45.7 Å². The molecule has 0 atom stereocenters. The molecule has 0 saturated carbocycles. The van der Waals surface area contributed by atoms with Gasteiger partial charge < -0.3 is 15.4 Å². The van der Waals surface area contributed by atoms with Gasteiger partial charge in [-0.2, -0.15) is 0 Å². The molecule has 0 radical (unpaired) electrons. The Morgan fingerprint density at radius 3 is 2.50 bits per heavy atom. The molecule has 4 nitrogen and oxygen atoms in total. The van der Waals surface area contributed by atoms with Gasteiger partial charge in [0, 0.05) is 19.6 Å². The Balaban J connectivity index is 2.53. The summed E-state index contributed by atoms with van der Waals surface area (Å²) in [5, 5.41) is 6.58. The van der Waals surface area contributed by atoms with E-state index in [1.807, 2.05) is 13.8 Å². The van der Waals surface area contributed by atoms with Crippen molar-refractivity contribution in [3.8, 4) is 0 Å². The Morgan fingerprint density at radius 2 is 1.90 bits per heavy atom. The molecular formula is C16H27N3O. The Labute approximate surface area is 122 Å². The molecule has 2 N–H and O–H groups in total. The number of hydrogen-bond acceptors (Lipinski definition) is 2. The van der Waals surface area contributed by atoms with Gasteiger partial charge in [0.05, 0.1) is 12.7 Å². The summed E-state index contributed by atoms with van der Waals surface area (Å²) in [4.78, 5) is 4.19. The second kappa shape index (κ2) is 8.59. The van der Waals surface area contributed by atoms with E-state index in [4.69, 9.17) is 4.74 Å². The van der Waals surface area contributed by atoms with Gasteiger partial charge in [0.25, 0.3) is 0 Å². The predicted molar refractivity (Wildman–Crippen MR) is 84.8 cm³/mol. The molecule has 1 rings (SSSR count). The molecule has 0 unspecified atom stereocenters. The average molecular weight is 277 g/mol. The summed E-state index contributed by atoms with van der Waals surface area (Å²) >= 11 is 0. The van der Waals surface area contributed by atoms with Crippen LogP contribution in [0.5, 0.6) is 0 Å². The molecule has 0 aliphatic carbocycles. The fourth-order valence-electron chi connectivity index (χ4n) is 1.75. The van der Waals surface area contributed by atoms with Gasteiger partial charge in [0.2, 0.25) is 0 Å². The standard InChI is InChI=1S/C16H27N3O/c1-12(2)19-16(17-5)18-10-14-7-6-8-15(9-14)11-20-13(3)4/h6-9,12-13H,10-11H2,1-5H3,(H2,17,18,19). The molecule has 0 fully saturated rings. The molecule has 1 aromatic carbocycles.